The molecule has 0 bridgehead atoms. The number of halogens is 1. The molecule has 0 saturated carbocycles. The van der Waals surface area contributed by atoms with Crippen molar-refractivity contribution in [2.24, 2.45) is 0 Å². The zero-order chi connectivity index (χ0) is 15.8. The lowest BCUT2D eigenvalue weighted by atomic mass is 10.2. The minimum atomic E-state index is -2.00. The Kier molecular flexibility index (Phi) is 7.50. The van der Waals surface area contributed by atoms with Gasteiger partial charge in [0.25, 0.3) is 5.91 Å². The van der Waals surface area contributed by atoms with Gasteiger partial charge in [-0.25, -0.2) is 0 Å². The van der Waals surface area contributed by atoms with Gasteiger partial charge in [-0.15, -0.1) is 0 Å². The molecule has 22 heavy (non-hydrogen) atoms. The summed E-state index contributed by atoms with van der Waals surface area (Å²) in [5.41, 5.74) is 0.642. The smallest absolute Gasteiger partial charge is 0.494 e. The summed E-state index contributed by atoms with van der Waals surface area (Å²) in [6.07, 6.45) is 2.13. The maximum absolute atomic E-state index is 12.5. The van der Waals surface area contributed by atoms with Crippen LogP contribution in [0.15, 0.2) is 24.3 Å². The Labute approximate surface area is 140 Å². The molecule has 1 amide bonds. The van der Waals surface area contributed by atoms with Crippen LogP contribution in [0, 0.1) is 0 Å². The van der Waals surface area contributed by atoms with Crippen molar-refractivity contribution in [3.8, 4) is 5.75 Å². The lowest BCUT2D eigenvalue weighted by Crippen LogP contribution is -2.40. The second kappa shape index (κ2) is 9.39. The van der Waals surface area contributed by atoms with Crippen molar-refractivity contribution < 1.29 is 17.1 Å². The first-order valence-corrected chi connectivity index (χ1v) is 10.3. The average Bonchev–Trinajstić information content (AvgIpc) is 2.51. The minimum absolute atomic E-state index is 0.0259. The van der Waals surface area contributed by atoms with Crippen LogP contribution in [0.4, 0.5) is 0 Å². The second-order valence-corrected chi connectivity index (χ2v) is 7.32. The number of amides is 1. The third-order valence-corrected chi connectivity index (χ3v) is 5.13. The van der Waals surface area contributed by atoms with Gasteiger partial charge in [-0.05, 0) is 30.7 Å². The summed E-state index contributed by atoms with van der Waals surface area (Å²) in [5, 5.41) is 0. The molecule has 0 radical (unpaired) electrons. The van der Waals surface area contributed by atoms with Crippen LogP contribution in [0.1, 0.15) is 30.1 Å². The van der Waals surface area contributed by atoms with Crippen LogP contribution < -0.4 is 4.74 Å². The van der Waals surface area contributed by atoms with Gasteiger partial charge in [0.05, 0.1) is 6.61 Å². The minimum Gasteiger partial charge on any atom is -0.494 e. The number of hydrogen-bond acceptors (Lipinski definition) is 4. The van der Waals surface area contributed by atoms with Crippen LogP contribution in [0.2, 0.25) is 0 Å². The van der Waals surface area contributed by atoms with Crippen LogP contribution in [0.5, 0.6) is 5.75 Å². The van der Waals surface area contributed by atoms with Gasteiger partial charge in [0, 0.05) is 31.9 Å². The highest BCUT2D eigenvalue weighted by atomic mass is 35.6. The Morgan fingerprint density at radius 1 is 1.27 bits per heavy atom. The maximum atomic E-state index is 12.5. The van der Waals surface area contributed by atoms with Gasteiger partial charge < -0.3 is 17.2 Å². The number of rotatable bonds is 5. The number of carbonyl (C=O) groups excluding carboxylic acids is 1. The summed E-state index contributed by atoms with van der Waals surface area (Å²) in [6, 6.07) is 7.26. The lowest BCUT2D eigenvalue weighted by Gasteiger charge is -2.26. The molecule has 1 aromatic rings. The summed E-state index contributed by atoms with van der Waals surface area (Å²) < 4.78 is 16.3. The highest BCUT2D eigenvalue weighted by Gasteiger charge is 2.27. The second-order valence-electron chi connectivity index (χ2n) is 5.03. The molecule has 0 aromatic heterocycles. The Balaban J connectivity index is 1.91. The fraction of sp³-hybridized carbons (Fsp3) is 0.533. The van der Waals surface area contributed by atoms with Gasteiger partial charge >= 0.3 is 13.9 Å². The highest BCUT2D eigenvalue weighted by Crippen LogP contribution is 2.15. The van der Waals surface area contributed by atoms with E-state index in [9.17, 15) is 4.79 Å². The molecule has 1 aliphatic heterocycles. The normalized spacial score (nSPS) is 16.1. The summed E-state index contributed by atoms with van der Waals surface area (Å²) in [4.78, 5) is 14.2. The van der Waals surface area contributed by atoms with Crippen molar-refractivity contribution in [3.05, 3.63) is 29.8 Å². The van der Waals surface area contributed by atoms with E-state index in [1.807, 2.05) is 12.1 Å². The third kappa shape index (κ3) is 5.46. The molecule has 0 N–H and O–H groups in total. The average molecular weight is 342 g/mol. The Hall–Kier alpha value is -0.768. The fourth-order valence-corrected chi connectivity index (χ4v) is 3.30. The molecule has 0 unspecified atom stereocenters. The SMILES string of the molecule is CCCCOc1ccc(C(=O)N2CC[O][Al]([Cl])[O]CC2)cc1. The zero-order valence-corrected chi connectivity index (χ0v) is 14.7. The fourth-order valence-electron chi connectivity index (χ4n) is 2.08. The molecule has 7 heteroatoms. The molecule has 5 nitrogen and oxygen atoms in total. The molecule has 0 aliphatic carbocycles. The summed E-state index contributed by atoms with van der Waals surface area (Å²) >= 11 is -2.00. The van der Waals surface area contributed by atoms with Crippen molar-refractivity contribution in [1.29, 1.82) is 0 Å². The van der Waals surface area contributed by atoms with Crippen molar-refractivity contribution in [1.82, 2.24) is 4.90 Å². The molecule has 2 rings (SSSR count). The number of benzene rings is 1. The van der Waals surface area contributed by atoms with Crippen molar-refractivity contribution in [2.75, 3.05) is 32.9 Å². The predicted molar refractivity (Wildman–Crippen MR) is 86.3 cm³/mol. The van der Waals surface area contributed by atoms with E-state index >= 15 is 0 Å². The van der Waals surface area contributed by atoms with Gasteiger partial charge in [-0.1, -0.05) is 13.3 Å². The topological polar surface area (TPSA) is 48.0 Å². The molecule has 1 saturated heterocycles. The predicted octanol–water partition coefficient (Wildman–Crippen LogP) is 2.58. The van der Waals surface area contributed by atoms with Crippen molar-refractivity contribution in [3.63, 3.8) is 0 Å². The maximum Gasteiger partial charge on any atom is 0.813 e. The van der Waals surface area contributed by atoms with Gasteiger partial charge in [0.1, 0.15) is 5.75 Å². The quantitative estimate of drug-likeness (QED) is 0.610. The Bertz CT molecular complexity index is 461. The molecule has 1 heterocycles. The molecule has 1 aliphatic rings. The number of unbranched alkanes of at least 4 members (excludes halogenated alkanes) is 1. The molecular weight excluding hydrogens is 321 g/mol. The van der Waals surface area contributed by atoms with E-state index < -0.39 is 13.9 Å². The van der Waals surface area contributed by atoms with E-state index in [2.05, 4.69) is 6.92 Å². The van der Waals surface area contributed by atoms with Crippen LogP contribution in [-0.2, 0) is 7.58 Å². The molecule has 0 spiro atoms. The monoisotopic (exact) mass is 341 g/mol. The molecule has 0 atom stereocenters. The van der Waals surface area contributed by atoms with E-state index in [4.69, 9.17) is 22.4 Å². The van der Waals surface area contributed by atoms with Crippen molar-refractivity contribution in [2.45, 2.75) is 19.8 Å². The van der Waals surface area contributed by atoms with Crippen LogP contribution >= 0.6 is 10.0 Å². The van der Waals surface area contributed by atoms with Gasteiger partial charge in [-0.2, -0.15) is 10.0 Å². The summed E-state index contributed by atoms with van der Waals surface area (Å²) in [6.45, 7) is 4.74. The van der Waals surface area contributed by atoms with Crippen LogP contribution in [0.3, 0.4) is 0 Å². The number of hydrogen-bond donors (Lipinski definition) is 0. The van der Waals surface area contributed by atoms with Crippen LogP contribution in [0.25, 0.3) is 0 Å². The summed E-state index contributed by atoms with van der Waals surface area (Å²) in [7, 11) is 5.88. The first kappa shape index (κ1) is 17.6. The van der Waals surface area contributed by atoms with E-state index in [0.717, 1.165) is 18.6 Å². The Morgan fingerprint density at radius 3 is 2.50 bits per heavy atom. The first-order valence-electron chi connectivity index (χ1n) is 7.60. The van der Waals surface area contributed by atoms with E-state index in [-0.39, 0.29) is 5.91 Å². The van der Waals surface area contributed by atoms with E-state index in [0.29, 0.717) is 38.5 Å². The lowest BCUT2D eigenvalue weighted by molar-refractivity contribution is 0.0633. The van der Waals surface area contributed by atoms with Crippen molar-refractivity contribution >= 4 is 29.9 Å². The van der Waals surface area contributed by atoms with Gasteiger partial charge in [0.15, 0.2) is 0 Å². The molecular formula is C15H21AlClNO4. The highest BCUT2D eigenvalue weighted by molar-refractivity contribution is 6.99. The molecule has 1 fully saturated rings. The van der Waals surface area contributed by atoms with Gasteiger partial charge in [0.2, 0.25) is 0 Å². The first-order chi connectivity index (χ1) is 10.7. The molecule has 1 aromatic carbocycles. The van der Waals surface area contributed by atoms with E-state index in [1.165, 1.54) is 0 Å². The number of carbonyl (C=O) groups is 1. The third-order valence-electron chi connectivity index (χ3n) is 3.38. The number of nitrogens with zero attached hydrogens (tertiary/aromatic N) is 1. The standard InChI is InChI=1S/C15H21NO4.Al.ClH/c1-2-3-12-20-14-6-4-13(5-7-14)15(19)16(8-10-17)9-11-18;;/h4-7H,2-3,8-12H2,1H3;;1H/q-2;+3;/p-1. The summed E-state index contributed by atoms with van der Waals surface area (Å²) in [5.74, 6) is 0.766. The number of ether oxygens (including phenoxy) is 1. The molecule has 120 valence electrons. The van der Waals surface area contributed by atoms with Gasteiger partial charge in [-0.3, -0.25) is 4.79 Å². The van der Waals surface area contributed by atoms with E-state index in [1.54, 1.807) is 17.0 Å². The largest absolute Gasteiger partial charge is 0.813 e. The zero-order valence-electron chi connectivity index (χ0n) is 12.8. The van der Waals surface area contributed by atoms with Crippen LogP contribution in [-0.4, -0.2) is 57.6 Å². The Morgan fingerprint density at radius 2 is 1.91 bits per heavy atom.